The third kappa shape index (κ3) is 3.45. The number of benzene rings is 1. The van der Waals surface area contributed by atoms with Gasteiger partial charge in [-0.05, 0) is 11.6 Å². The van der Waals surface area contributed by atoms with Crippen LogP contribution in [-0.4, -0.2) is 34.9 Å². The SMILES string of the molecule is COCCOc1cc(Cn2cnc3cc(F)c(F)cc32)ccn1. The van der Waals surface area contributed by atoms with Crippen LogP contribution in [0.15, 0.2) is 36.8 Å². The molecule has 3 aromatic rings. The highest BCUT2D eigenvalue weighted by molar-refractivity contribution is 5.75. The predicted molar refractivity (Wildman–Crippen MR) is 80.4 cm³/mol. The molecule has 0 spiro atoms. The number of ether oxygens (including phenoxy) is 2. The molecule has 0 bridgehead atoms. The van der Waals surface area contributed by atoms with Gasteiger partial charge < -0.3 is 14.0 Å². The number of pyridine rings is 1. The van der Waals surface area contributed by atoms with Crippen molar-refractivity contribution < 1.29 is 18.3 Å². The van der Waals surface area contributed by atoms with Gasteiger partial charge in [-0.25, -0.2) is 18.7 Å². The zero-order valence-corrected chi connectivity index (χ0v) is 12.5. The summed E-state index contributed by atoms with van der Waals surface area (Å²) < 4.78 is 38.8. The summed E-state index contributed by atoms with van der Waals surface area (Å²) in [5, 5.41) is 0. The fourth-order valence-electron chi connectivity index (χ4n) is 2.23. The molecule has 0 fully saturated rings. The topological polar surface area (TPSA) is 49.2 Å². The van der Waals surface area contributed by atoms with Crippen molar-refractivity contribution in [1.82, 2.24) is 14.5 Å². The van der Waals surface area contributed by atoms with E-state index in [0.29, 0.717) is 36.7 Å². The normalized spacial score (nSPS) is 11.1. The monoisotopic (exact) mass is 319 g/mol. The van der Waals surface area contributed by atoms with E-state index in [4.69, 9.17) is 9.47 Å². The third-order valence-electron chi connectivity index (χ3n) is 3.35. The molecule has 0 amide bonds. The quantitative estimate of drug-likeness (QED) is 0.656. The van der Waals surface area contributed by atoms with Gasteiger partial charge in [0.2, 0.25) is 5.88 Å². The lowest BCUT2D eigenvalue weighted by Gasteiger charge is -2.08. The first-order valence-electron chi connectivity index (χ1n) is 7.04. The maximum absolute atomic E-state index is 13.4. The summed E-state index contributed by atoms with van der Waals surface area (Å²) in [5.41, 5.74) is 1.86. The molecule has 7 heteroatoms. The van der Waals surface area contributed by atoms with Crippen LogP contribution in [0.1, 0.15) is 5.56 Å². The standard InChI is InChI=1S/C16H15F2N3O2/c1-22-4-5-23-16-6-11(2-3-19-16)9-21-10-20-14-7-12(17)13(18)8-15(14)21/h2-3,6-8,10H,4-5,9H2,1H3. The van der Waals surface area contributed by atoms with E-state index in [2.05, 4.69) is 9.97 Å². The number of halogens is 2. The third-order valence-corrected chi connectivity index (χ3v) is 3.35. The fourth-order valence-corrected chi connectivity index (χ4v) is 2.23. The van der Waals surface area contributed by atoms with Crippen LogP contribution in [-0.2, 0) is 11.3 Å². The Morgan fingerprint density at radius 3 is 2.74 bits per heavy atom. The Morgan fingerprint density at radius 1 is 1.09 bits per heavy atom. The van der Waals surface area contributed by atoms with Crippen LogP contribution in [0.25, 0.3) is 11.0 Å². The number of imidazole rings is 1. The van der Waals surface area contributed by atoms with Gasteiger partial charge in [0.1, 0.15) is 6.61 Å². The Bertz CT molecular complexity index is 820. The summed E-state index contributed by atoms with van der Waals surface area (Å²) in [6.45, 7) is 1.33. The fraction of sp³-hybridized carbons (Fsp3) is 0.250. The minimum atomic E-state index is -0.902. The van der Waals surface area contributed by atoms with Gasteiger partial charge in [-0.15, -0.1) is 0 Å². The molecule has 3 rings (SSSR count). The zero-order valence-electron chi connectivity index (χ0n) is 12.5. The van der Waals surface area contributed by atoms with Crippen molar-refractivity contribution in [1.29, 1.82) is 0 Å². The lowest BCUT2D eigenvalue weighted by molar-refractivity contribution is 0.143. The molecule has 0 saturated heterocycles. The largest absolute Gasteiger partial charge is 0.475 e. The van der Waals surface area contributed by atoms with Crippen molar-refractivity contribution in [3.63, 3.8) is 0 Å². The molecule has 0 saturated carbocycles. The molecule has 0 radical (unpaired) electrons. The van der Waals surface area contributed by atoms with Crippen molar-refractivity contribution in [2.75, 3.05) is 20.3 Å². The number of fused-ring (bicyclic) bond motifs is 1. The number of methoxy groups -OCH3 is 1. The number of aromatic nitrogens is 3. The van der Waals surface area contributed by atoms with Crippen molar-refractivity contribution in [3.8, 4) is 5.88 Å². The first kappa shape index (κ1) is 15.4. The number of nitrogens with zero attached hydrogens (tertiary/aromatic N) is 3. The van der Waals surface area contributed by atoms with E-state index in [1.165, 1.54) is 0 Å². The molecule has 0 unspecified atom stereocenters. The molecule has 0 N–H and O–H groups in total. The lowest BCUT2D eigenvalue weighted by Crippen LogP contribution is -2.06. The summed E-state index contributed by atoms with van der Waals surface area (Å²) in [6, 6.07) is 5.86. The van der Waals surface area contributed by atoms with Crippen LogP contribution < -0.4 is 4.74 Å². The van der Waals surface area contributed by atoms with E-state index >= 15 is 0 Å². The Morgan fingerprint density at radius 2 is 1.91 bits per heavy atom. The van der Waals surface area contributed by atoms with Gasteiger partial charge in [-0.3, -0.25) is 0 Å². The Labute approximate surface area is 131 Å². The highest BCUT2D eigenvalue weighted by Crippen LogP contribution is 2.19. The minimum Gasteiger partial charge on any atom is -0.475 e. The summed E-state index contributed by atoms with van der Waals surface area (Å²) in [6.07, 6.45) is 3.19. The molecule has 120 valence electrons. The summed E-state index contributed by atoms with van der Waals surface area (Å²) in [7, 11) is 1.60. The number of hydrogen-bond donors (Lipinski definition) is 0. The zero-order chi connectivity index (χ0) is 16.2. The predicted octanol–water partition coefficient (Wildman–Crippen LogP) is 2.78. The molecule has 1 aromatic carbocycles. The molecule has 5 nitrogen and oxygen atoms in total. The number of hydrogen-bond acceptors (Lipinski definition) is 4. The first-order valence-corrected chi connectivity index (χ1v) is 7.04. The molecule has 0 aliphatic rings. The molecule has 2 heterocycles. The second-order valence-corrected chi connectivity index (χ2v) is 4.97. The average Bonchev–Trinajstić information content (AvgIpc) is 2.91. The molecule has 23 heavy (non-hydrogen) atoms. The summed E-state index contributed by atoms with van der Waals surface area (Å²) in [4.78, 5) is 8.21. The minimum absolute atomic E-state index is 0.408. The van der Waals surface area contributed by atoms with Crippen molar-refractivity contribution in [2.24, 2.45) is 0 Å². The summed E-state index contributed by atoms with van der Waals surface area (Å²) >= 11 is 0. The van der Waals surface area contributed by atoms with Crippen molar-refractivity contribution in [2.45, 2.75) is 6.54 Å². The van der Waals surface area contributed by atoms with Gasteiger partial charge in [0.05, 0.1) is 24.0 Å². The van der Waals surface area contributed by atoms with Crippen LogP contribution in [0.2, 0.25) is 0 Å². The Balaban J connectivity index is 1.82. The van der Waals surface area contributed by atoms with Gasteiger partial charge in [0, 0.05) is 38.1 Å². The number of rotatable bonds is 6. The van der Waals surface area contributed by atoms with Crippen LogP contribution in [0.4, 0.5) is 8.78 Å². The Hall–Kier alpha value is -2.54. The van der Waals surface area contributed by atoms with Crippen LogP contribution >= 0.6 is 0 Å². The maximum Gasteiger partial charge on any atom is 0.213 e. The van der Waals surface area contributed by atoms with E-state index in [-0.39, 0.29) is 0 Å². The lowest BCUT2D eigenvalue weighted by atomic mass is 10.2. The summed E-state index contributed by atoms with van der Waals surface area (Å²) in [5.74, 6) is -1.31. The highest BCUT2D eigenvalue weighted by atomic mass is 19.2. The van der Waals surface area contributed by atoms with Crippen molar-refractivity contribution >= 4 is 11.0 Å². The van der Waals surface area contributed by atoms with Crippen LogP contribution in [0, 0.1) is 11.6 Å². The molecule has 0 atom stereocenters. The molecule has 0 aliphatic carbocycles. The van der Waals surface area contributed by atoms with E-state index in [9.17, 15) is 8.78 Å². The smallest absolute Gasteiger partial charge is 0.213 e. The van der Waals surface area contributed by atoms with Gasteiger partial charge in [0.25, 0.3) is 0 Å². The van der Waals surface area contributed by atoms with Crippen LogP contribution in [0.5, 0.6) is 5.88 Å². The van der Waals surface area contributed by atoms with Gasteiger partial charge in [0.15, 0.2) is 11.6 Å². The second kappa shape index (κ2) is 6.70. The van der Waals surface area contributed by atoms with E-state index < -0.39 is 11.6 Å². The van der Waals surface area contributed by atoms with Crippen LogP contribution in [0.3, 0.4) is 0 Å². The molecular weight excluding hydrogens is 304 g/mol. The van der Waals surface area contributed by atoms with Gasteiger partial charge >= 0.3 is 0 Å². The van der Waals surface area contributed by atoms with Crippen molar-refractivity contribution in [3.05, 3.63) is 54.0 Å². The van der Waals surface area contributed by atoms with E-state index in [1.807, 2.05) is 6.07 Å². The molecule has 2 aromatic heterocycles. The Kier molecular flexibility index (Phi) is 4.47. The molecule has 0 aliphatic heterocycles. The van der Waals surface area contributed by atoms with Gasteiger partial charge in [-0.1, -0.05) is 0 Å². The molecular formula is C16H15F2N3O2. The second-order valence-electron chi connectivity index (χ2n) is 4.97. The van der Waals surface area contributed by atoms with E-state index in [0.717, 1.165) is 17.7 Å². The average molecular weight is 319 g/mol. The maximum atomic E-state index is 13.4. The van der Waals surface area contributed by atoms with E-state index in [1.54, 1.807) is 30.3 Å². The highest BCUT2D eigenvalue weighted by Gasteiger charge is 2.09. The first-order chi connectivity index (χ1) is 11.2. The van der Waals surface area contributed by atoms with Gasteiger partial charge in [-0.2, -0.15) is 0 Å².